The smallest absolute Gasteiger partial charge is 0.338 e. The summed E-state index contributed by atoms with van der Waals surface area (Å²) >= 11 is 0. The number of rotatable bonds is 10. The van der Waals surface area contributed by atoms with Crippen LogP contribution in [0.4, 0.5) is 0 Å². The van der Waals surface area contributed by atoms with E-state index >= 15 is 0 Å². The molecule has 1 atom stereocenters. The van der Waals surface area contributed by atoms with Gasteiger partial charge in [-0.05, 0) is 61.6 Å². The molecule has 0 saturated heterocycles. The number of hydrogen-bond donors (Lipinski definition) is 0. The van der Waals surface area contributed by atoms with Crippen LogP contribution in [-0.2, 0) is 20.9 Å². The van der Waals surface area contributed by atoms with Gasteiger partial charge in [-0.25, -0.2) is 4.79 Å². The van der Waals surface area contributed by atoms with E-state index in [1.807, 2.05) is 43.3 Å². The lowest BCUT2D eigenvalue weighted by Gasteiger charge is -2.13. The molecule has 1 unspecified atom stereocenters. The molecule has 5 nitrogen and oxygen atoms in total. The summed E-state index contributed by atoms with van der Waals surface area (Å²) in [4.78, 5) is 23.3. The molecule has 0 aliphatic heterocycles. The first-order valence-electron chi connectivity index (χ1n) is 9.67. The van der Waals surface area contributed by atoms with Crippen molar-refractivity contribution in [2.75, 3.05) is 13.2 Å². The van der Waals surface area contributed by atoms with Crippen LogP contribution in [0.5, 0.6) is 5.75 Å². The van der Waals surface area contributed by atoms with Crippen molar-refractivity contribution in [1.82, 2.24) is 0 Å². The summed E-state index contributed by atoms with van der Waals surface area (Å²) in [6, 6.07) is 15.1. The van der Waals surface area contributed by atoms with Gasteiger partial charge in [0.1, 0.15) is 12.4 Å². The van der Waals surface area contributed by atoms with Crippen molar-refractivity contribution >= 4 is 11.9 Å². The van der Waals surface area contributed by atoms with Crippen LogP contribution >= 0.6 is 0 Å². The lowest BCUT2D eigenvalue weighted by Crippen LogP contribution is -2.06. The normalized spacial score (nSPS) is 11.5. The first kappa shape index (κ1) is 21.5. The van der Waals surface area contributed by atoms with Crippen LogP contribution < -0.4 is 4.74 Å². The van der Waals surface area contributed by atoms with E-state index in [2.05, 4.69) is 6.92 Å². The SMILES string of the molecule is CCOC(=O)CCC(C)c1ccc(OCc2cccc(C(=O)OCC)c2)cc1. The van der Waals surface area contributed by atoms with E-state index in [4.69, 9.17) is 14.2 Å². The van der Waals surface area contributed by atoms with Gasteiger partial charge in [0.2, 0.25) is 0 Å². The van der Waals surface area contributed by atoms with Gasteiger partial charge < -0.3 is 14.2 Å². The molecule has 0 heterocycles. The summed E-state index contributed by atoms with van der Waals surface area (Å²) < 4.78 is 15.8. The van der Waals surface area contributed by atoms with Gasteiger partial charge in [0, 0.05) is 6.42 Å². The zero-order valence-corrected chi connectivity index (χ0v) is 16.8. The number of esters is 2. The molecular formula is C23H28O5. The molecule has 5 heteroatoms. The summed E-state index contributed by atoms with van der Waals surface area (Å²) in [6.07, 6.45) is 1.17. The third kappa shape index (κ3) is 6.72. The zero-order valence-electron chi connectivity index (χ0n) is 16.8. The van der Waals surface area contributed by atoms with Gasteiger partial charge in [-0.3, -0.25) is 4.79 Å². The molecular weight excluding hydrogens is 356 g/mol. The van der Waals surface area contributed by atoms with E-state index in [1.165, 1.54) is 0 Å². The highest BCUT2D eigenvalue weighted by Crippen LogP contribution is 2.24. The molecule has 0 fully saturated rings. The second-order valence-electron chi connectivity index (χ2n) is 6.52. The highest BCUT2D eigenvalue weighted by Gasteiger charge is 2.10. The van der Waals surface area contributed by atoms with Crippen LogP contribution in [0.1, 0.15) is 61.0 Å². The summed E-state index contributed by atoms with van der Waals surface area (Å²) in [7, 11) is 0. The molecule has 0 amide bonds. The van der Waals surface area contributed by atoms with Gasteiger partial charge in [0.25, 0.3) is 0 Å². The predicted octanol–water partition coefficient (Wildman–Crippen LogP) is 4.89. The lowest BCUT2D eigenvalue weighted by molar-refractivity contribution is -0.143. The van der Waals surface area contributed by atoms with Crippen molar-refractivity contribution in [2.24, 2.45) is 0 Å². The molecule has 2 aromatic rings. The van der Waals surface area contributed by atoms with Gasteiger partial charge in [-0.1, -0.05) is 31.2 Å². The Hall–Kier alpha value is -2.82. The number of carbonyl (C=O) groups is 2. The maximum Gasteiger partial charge on any atom is 0.338 e. The van der Waals surface area contributed by atoms with Crippen molar-refractivity contribution in [1.29, 1.82) is 0 Å². The molecule has 0 aliphatic rings. The Kier molecular flexibility index (Phi) is 8.53. The van der Waals surface area contributed by atoms with Crippen LogP contribution in [-0.4, -0.2) is 25.2 Å². The molecule has 0 saturated carbocycles. The quantitative estimate of drug-likeness (QED) is 0.546. The predicted molar refractivity (Wildman–Crippen MR) is 107 cm³/mol. The van der Waals surface area contributed by atoms with E-state index in [0.29, 0.717) is 31.8 Å². The lowest BCUT2D eigenvalue weighted by atomic mass is 9.96. The maximum atomic E-state index is 11.8. The Bertz CT molecular complexity index is 767. The van der Waals surface area contributed by atoms with E-state index in [-0.39, 0.29) is 17.9 Å². The fraction of sp³-hybridized carbons (Fsp3) is 0.391. The Morgan fingerprint density at radius 1 is 0.964 bits per heavy atom. The largest absolute Gasteiger partial charge is 0.489 e. The minimum Gasteiger partial charge on any atom is -0.489 e. The fourth-order valence-corrected chi connectivity index (χ4v) is 2.80. The molecule has 0 N–H and O–H groups in total. The average molecular weight is 384 g/mol. The second kappa shape index (κ2) is 11.1. The van der Waals surface area contributed by atoms with E-state index in [0.717, 1.165) is 23.3 Å². The number of hydrogen-bond acceptors (Lipinski definition) is 5. The standard InChI is InChI=1S/C23H28O5/c1-4-26-22(24)14-9-17(3)19-10-12-21(13-11-19)28-16-18-7-6-8-20(15-18)23(25)27-5-2/h6-8,10-13,15,17H,4-5,9,14,16H2,1-3H3. The molecule has 28 heavy (non-hydrogen) atoms. The zero-order chi connectivity index (χ0) is 20.4. The van der Waals surface area contributed by atoms with Crippen molar-refractivity contribution in [2.45, 2.75) is 46.1 Å². The number of benzene rings is 2. The third-order valence-corrected chi connectivity index (χ3v) is 4.38. The molecule has 0 aliphatic carbocycles. The van der Waals surface area contributed by atoms with E-state index in [9.17, 15) is 9.59 Å². The molecule has 150 valence electrons. The van der Waals surface area contributed by atoms with Crippen molar-refractivity contribution < 1.29 is 23.8 Å². The molecule has 0 aromatic heterocycles. The Labute approximate surface area is 166 Å². The van der Waals surface area contributed by atoms with Gasteiger partial charge in [0.05, 0.1) is 18.8 Å². The van der Waals surface area contributed by atoms with Crippen molar-refractivity contribution in [3.63, 3.8) is 0 Å². The number of ether oxygens (including phenoxy) is 3. The number of carbonyl (C=O) groups excluding carboxylic acids is 2. The van der Waals surface area contributed by atoms with Crippen LogP contribution in [0, 0.1) is 0 Å². The fourth-order valence-electron chi connectivity index (χ4n) is 2.80. The first-order chi connectivity index (χ1) is 13.5. The van der Waals surface area contributed by atoms with Gasteiger partial charge in [-0.15, -0.1) is 0 Å². The summed E-state index contributed by atoms with van der Waals surface area (Å²) in [6.45, 7) is 6.83. The minimum atomic E-state index is -0.328. The average Bonchev–Trinajstić information content (AvgIpc) is 2.71. The third-order valence-electron chi connectivity index (χ3n) is 4.38. The highest BCUT2D eigenvalue weighted by molar-refractivity contribution is 5.89. The molecule has 0 bridgehead atoms. The topological polar surface area (TPSA) is 61.8 Å². The van der Waals surface area contributed by atoms with E-state index in [1.54, 1.807) is 19.1 Å². The highest BCUT2D eigenvalue weighted by atomic mass is 16.5. The monoisotopic (exact) mass is 384 g/mol. The first-order valence-corrected chi connectivity index (χ1v) is 9.67. The van der Waals surface area contributed by atoms with E-state index < -0.39 is 0 Å². The Morgan fingerprint density at radius 2 is 1.68 bits per heavy atom. The van der Waals surface area contributed by atoms with Crippen LogP contribution in [0.3, 0.4) is 0 Å². The minimum absolute atomic E-state index is 0.153. The molecule has 2 aromatic carbocycles. The van der Waals surface area contributed by atoms with Crippen LogP contribution in [0.25, 0.3) is 0 Å². The molecule has 0 radical (unpaired) electrons. The van der Waals surface area contributed by atoms with Gasteiger partial charge >= 0.3 is 11.9 Å². The van der Waals surface area contributed by atoms with Crippen LogP contribution in [0.2, 0.25) is 0 Å². The van der Waals surface area contributed by atoms with Crippen molar-refractivity contribution in [3.8, 4) is 5.75 Å². The van der Waals surface area contributed by atoms with Gasteiger partial charge in [-0.2, -0.15) is 0 Å². The van der Waals surface area contributed by atoms with Gasteiger partial charge in [0.15, 0.2) is 0 Å². The summed E-state index contributed by atoms with van der Waals surface area (Å²) in [5.41, 5.74) is 2.58. The summed E-state index contributed by atoms with van der Waals surface area (Å²) in [5.74, 6) is 0.535. The molecule has 0 spiro atoms. The van der Waals surface area contributed by atoms with Crippen LogP contribution in [0.15, 0.2) is 48.5 Å². The molecule has 2 rings (SSSR count). The Morgan fingerprint density at radius 3 is 2.36 bits per heavy atom. The van der Waals surface area contributed by atoms with Crippen molar-refractivity contribution in [3.05, 3.63) is 65.2 Å². The Balaban J connectivity index is 1.88. The maximum absolute atomic E-state index is 11.8. The second-order valence-corrected chi connectivity index (χ2v) is 6.52. The summed E-state index contributed by atoms with van der Waals surface area (Å²) in [5, 5.41) is 0.